The summed E-state index contributed by atoms with van der Waals surface area (Å²) >= 11 is 0. The first-order valence-electron chi connectivity index (χ1n) is 12.8. The van der Waals surface area contributed by atoms with Crippen LogP contribution in [0, 0.1) is 40.5 Å². The summed E-state index contributed by atoms with van der Waals surface area (Å²) in [4.78, 5) is 0. The molecule has 1 aromatic rings. The van der Waals surface area contributed by atoms with Crippen LogP contribution in [0.3, 0.4) is 0 Å². The molecule has 0 aliphatic rings. The Kier molecular flexibility index (Phi) is 12.9. The molecule has 0 aliphatic carbocycles. The van der Waals surface area contributed by atoms with Crippen molar-refractivity contribution in [1.82, 2.24) is 0 Å². The quantitative estimate of drug-likeness (QED) is 0.306. The van der Waals surface area contributed by atoms with Crippen molar-refractivity contribution in [2.45, 2.75) is 114 Å². The Morgan fingerprint density at radius 1 is 0.656 bits per heavy atom. The maximum atomic E-state index is 5.64. The van der Waals surface area contributed by atoms with Gasteiger partial charge in [-0.2, -0.15) is 0 Å². The van der Waals surface area contributed by atoms with Crippen molar-refractivity contribution in [1.29, 1.82) is 0 Å². The van der Waals surface area contributed by atoms with Crippen molar-refractivity contribution in [2.24, 2.45) is 11.7 Å². The SMILES string of the molecule is C/C(=C\CC/C(C)=C/CC/C(C)=C/CCC(C)CCc1c(C)c(C)c(C)c(C)c1C)CN. The van der Waals surface area contributed by atoms with Crippen LogP contribution in [-0.4, -0.2) is 6.54 Å². The van der Waals surface area contributed by atoms with Gasteiger partial charge < -0.3 is 5.73 Å². The Morgan fingerprint density at radius 3 is 1.59 bits per heavy atom. The smallest absolute Gasteiger partial charge is 0.0134 e. The minimum absolute atomic E-state index is 0.677. The van der Waals surface area contributed by atoms with E-state index in [2.05, 4.69) is 80.5 Å². The van der Waals surface area contributed by atoms with Gasteiger partial charge in [0.15, 0.2) is 0 Å². The molecule has 32 heavy (non-hydrogen) atoms. The summed E-state index contributed by atoms with van der Waals surface area (Å²) in [7, 11) is 0. The molecule has 1 rings (SSSR count). The highest BCUT2D eigenvalue weighted by molar-refractivity contribution is 5.49. The molecule has 0 spiro atoms. The number of nitrogens with two attached hydrogens (primary N) is 1. The molecule has 1 atom stereocenters. The number of benzene rings is 1. The molecule has 1 aromatic carbocycles. The first kappa shape index (κ1) is 28.4. The number of hydrogen-bond acceptors (Lipinski definition) is 1. The average Bonchev–Trinajstić information content (AvgIpc) is 2.76. The number of allylic oxidation sites excluding steroid dienone is 5. The Labute approximate surface area is 200 Å². The van der Waals surface area contributed by atoms with E-state index >= 15 is 0 Å². The lowest BCUT2D eigenvalue weighted by Gasteiger charge is -2.20. The third kappa shape index (κ3) is 9.49. The summed E-state index contributed by atoms with van der Waals surface area (Å²) in [5, 5.41) is 0. The third-order valence-corrected chi connectivity index (χ3v) is 7.58. The van der Waals surface area contributed by atoms with Crippen LogP contribution >= 0.6 is 0 Å². The lowest BCUT2D eigenvalue weighted by atomic mass is 9.86. The second-order valence-electron chi connectivity index (χ2n) is 10.3. The van der Waals surface area contributed by atoms with E-state index in [1.54, 1.807) is 5.56 Å². The topological polar surface area (TPSA) is 26.0 Å². The molecule has 0 heterocycles. The minimum atomic E-state index is 0.677. The zero-order chi connectivity index (χ0) is 24.3. The van der Waals surface area contributed by atoms with E-state index in [-0.39, 0.29) is 0 Å². The van der Waals surface area contributed by atoms with Gasteiger partial charge in [-0.3, -0.25) is 0 Å². The van der Waals surface area contributed by atoms with Crippen molar-refractivity contribution in [2.75, 3.05) is 6.54 Å². The molecule has 0 bridgehead atoms. The van der Waals surface area contributed by atoms with E-state index in [1.807, 2.05) is 0 Å². The summed E-state index contributed by atoms with van der Waals surface area (Å²) in [5.74, 6) is 0.770. The van der Waals surface area contributed by atoms with Gasteiger partial charge in [0.05, 0.1) is 0 Å². The normalized spacial score (nSPS) is 14.2. The molecule has 180 valence electrons. The van der Waals surface area contributed by atoms with E-state index in [9.17, 15) is 0 Å². The van der Waals surface area contributed by atoms with E-state index in [1.165, 1.54) is 76.6 Å². The van der Waals surface area contributed by atoms with E-state index in [0.717, 1.165) is 25.2 Å². The molecule has 1 heteroatoms. The fourth-order valence-corrected chi connectivity index (χ4v) is 4.48. The molecule has 0 saturated carbocycles. The van der Waals surface area contributed by atoms with Crippen LogP contribution in [0.15, 0.2) is 34.9 Å². The second-order valence-corrected chi connectivity index (χ2v) is 10.3. The van der Waals surface area contributed by atoms with Crippen molar-refractivity contribution in [3.05, 3.63) is 68.3 Å². The first-order chi connectivity index (χ1) is 15.1. The van der Waals surface area contributed by atoms with Crippen molar-refractivity contribution in [3.63, 3.8) is 0 Å². The van der Waals surface area contributed by atoms with Gasteiger partial charge in [-0.15, -0.1) is 0 Å². The summed E-state index contributed by atoms with van der Waals surface area (Å²) in [6.07, 6.45) is 16.8. The lowest BCUT2D eigenvalue weighted by Crippen LogP contribution is -2.05. The fourth-order valence-electron chi connectivity index (χ4n) is 4.48. The third-order valence-electron chi connectivity index (χ3n) is 7.58. The molecule has 0 fully saturated rings. The van der Waals surface area contributed by atoms with Crippen LogP contribution in [-0.2, 0) is 6.42 Å². The van der Waals surface area contributed by atoms with Crippen molar-refractivity contribution >= 4 is 0 Å². The van der Waals surface area contributed by atoms with Crippen LogP contribution in [0.5, 0.6) is 0 Å². The molecule has 0 aromatic heterocycles. The molecular weight excluding hydrogens is 386 g/mol. The maximum absolute atomic E-state index is 5.64. The minimum Gasteiger partial charge on any atom is -0.327 e. The fraction of sp³-hybridized carbons (Fsp3) is 0.613. The molecule has 0 amide bonds. The monoisotopic (exact) mass is 437 g/mol. The maximum Gasteiger partial charge on any atom is 0.0134 e. The van der Waals surface area contributed by atoms with E-state index in [4.69, 9.17) is 5.73 Å². The van der Waals surface area contributed by atoms with Gasteiger partial charge in [-0.05, 0) is 146 Å². The molecule has 0 radical (unpaired) electrons. The predicted molar refractivity (Wildman–Crippen MR) is 146 cm³/mol. The molecular formula is C31H51N. The zero-order valence-electron chi connectivity index (χ0n) is 22.8. The highest BCUT2D eigenvalue weighted by atomic mass is 14.5. The predicted octanol–water partition coefficient (Wildman–Crippen LogP) is 8.94. The van der Waals surface area contributed by atoms with Gasteiger partial charge in [0.25, 0.3) is 0 Å². The van der Waals surface area contributed by atoms with Gasteiger partial charge >= 0.3 is 0 Å². The average molecular weight is 438 g/mol. The Bertz CT molecular complexity index is 790. The number of hydrogen-bond donors (Lipinski definition) is 1. The second kappa shape index (κ2) is 14.5. The standard InChI is InChI=1S/C31H51N/c1-22(13-10-14-23(2)16-12-18-25(4)21-32)15-11-17-24(3)19-20-31-29(8)27(6)26(5)28(7)30(31)9/h14-15,18,24H,10-13,16-17,19-21,32H2,1-9H3/b22-15+,23-14+,25-18+. The molecule has 0 aliphatic heterocycles. The zero-order valence-corrected chi connectivity index (χ0v) is 22.8. The summed E-state index contributed by atoms with van der Waals surface area (Å²) in [5.41, 5.74) is 19.0. The molecule has 2 N–H and O–H groups in total. The van der Waals surface area contributed by atoms with E-state index in [0.29, 0.717) is 6.54 Å². The molecule has 1 nitrogen and oxygen atoms in total. The molecule has 1 unspecified atom stereocenters. The largest absolute Gasteiger partial charge is 0.327 e. The van der Waals surface area contributed by atoms with Gasteiger partial charge in [0, 0.05) is 6.54 Å². The summed E-state index contributed by atoms with van der Waals surface area (Å²) in [6, 6.07) is 0. The lowest BCUT2D eigenvalue weighted by molar-refractivity contribution is 0.495. The van der Waals surface area contributed by atoms with Crippen molar-refractivity contribution in [3.8, 4) is 0 Å². The molecule has 0 saturated heterocycles. The van der Waals surface area contributed by atoms with Crippen LogP contribution in [0.2, 0.25) is 0 Å². The highest BCUT2D eigenvalue weighted by Crippen LogP contribution is 2.28. The first-order valence-corrected chi connectivity index (χ1v) is 12.8. The van der Waals surface area contributed by atoms with Gasteiger partial charge in [0.2, 0.25) is 0 Å². The van der Waals surface area contributed by atoms with Gasteiger partial charge in [-0.1, -0.05) is 41.9 Å². The van der Waals surface area contributed by atoms with Crippen LogP contribution in [0.4, 0.5) is 0 Å². The van der Waals surface area contributed by atoms with Crippen LogP contribution in [0.25, 0.3) is 0 Å². The summed E-state index contributed by atoms with van der Waals surface area (Å²) < 4.78 is 0. The van der Waals surface area contributed by atoms with Crippen molar-refractivity contribution < 1.29 is 0 Å². The van der Waals surface area contributed by atoms with E-state index < -0.39 is 0 Å². The van der Waals surface area contributed by atoms with Gasteiger partial charge in [0.1, 0.15) is 0 Å². The summed E-state index contributed by atoms with van der Waals surface area (Å²) in [6.45, 7) is 21.2. The van der Waals surface area contributed by atoms with Crippen LogP contribution in [0.1, 0.15) is 106 Å². The number of rotatable bonds is 13. The Balaban J connectivity index is 2.41. The van der Waals surface area contributed by atoms with Crippen LogP contribution < -0.4 is 5.73 Å². The Morgan fingerprint density at radius 2 is 1.09 bits per heavy atom. The van der Waals surface area contributed by atoms with Gasteiger partial charge in [-0.25, -0.2) is 0 Å². The highest BCUT2D eigenvalue weighted by Gasteiger charge is 2.13. The Hall–Kier alpha value is -1.60.